The maximum Gasteiger partial charge on any atom is 0.338 e. The minimum atomic E-state index is -0.900. The van der Waals surface area contributed by atoms with Crippen molar-refractivity contribution in [3.8, 4) is 11.6 Å². The molecule has 3 saturated heterocycles. The number of Topliss-reactive ketones (excluding diaryl/α,β-unsaturated/α-hetero) is 1. The molecule has 3 fully saturated rings. The Labute approximate surface area is 261 Å². The Hall–Kier alpha value is -3.96. The average molecular weight is 655 g/mol. The van der Waals surface area contributed by atoms with Crippen LogP contribution in [0.1, 0.15) is 52.1 Å². The highest BCUT2D eigenvalue weighted by atomic mass is 79.9. The third-order valence-electron chi connectivity index (χ3n) is 8.20. The molecule has 43 heavy (non-hydrogen) atoms. The minimum Gasteiger partial charge on any atom is -1.00 e. The van der Waals surface area contributed by atoms with Crippen molar-refractivity contribution < 1.29 is 55.2 Å². The maximum atomic E-state index is 13.8. The van der Waals surface area contributed by atoms with Crippen LogP contribution >= 0.6 is 0 Å². The molecule has 3 aliphatic heterocycles. The fraction of sp³-hybridized carbons (Fsp3) is 0.375. The number of carbonyl (C=O) groups is 3. The van der Waals surface area contributed by atoms with Crippen molar-refractivity contribution >= 4 is 23.4 Å². The number of ether oxygens (including phenoxy) is 3. The van der Waals surface area contributed by atoms with Crippen molar-refractivity contribution in [2.75, 3.05) is 45.2 Å². The van der Waals surface area contributed by atoms with Crippen LogP contribution in [0.25, 0.3) is 0 Å². The number of ketones is 1. The molecule has 6 rings (SSSR count). The molecule has 10 nitrogen and oxygen atoms in total. The van der Waals surface area contributed by atoms with E-state index in [1.807, 2.05) is 0 Å². The molecule has 11 heteroatoms. The topological polar surface area (TPSA) is 124 Å². The Morgan fingerprint density at radius 3 is 2.44 bits per heavy atom. The van der Waals surface area contributed by atoms with Crippen molar-refractivity contribution in [3.63, 3.8) is 0 Å². The number of fused-ring (bicyclic) bond motifs is 3. The number of pyridine rings is 1. The lowest BCUT2D eigenvalue weighted by Crippen LogP contribution is -3.00. The van der Waals surface area contributed by atoms with E-state index in [1.54, 1.807) is 61.7 Å². The Balaban J connectivity index is 0.00000423. The van der Waals surface area contributed by atoms with Crippen molar-refractivity contribution in [3.05, 3.63) is 83.6 Å². The van der Waals surface area contributed by atoms with Crippen LogP contribution in [0.5, 0.6) is 11.6 Å². The molecule has 2 aromatic carbocycles. The molecule has 2 N–H and O–H groups in total. The first-order valence-corrected chi connectivity index (χ1v) is 14.2. The van der Waals surface area contributed by atoms with Crippen LogP contribution in [0, 0.1) is 5.92 Å². The summed E-state index contributed by atoms with van der Waals surface area (Å²) in [5, 5.41) is 12.8. The number of benzene rings is 2. The lowest BCUT2D eigenvalue weighted by molar-refractivity contribution is -0.938. The summed E-state index contributed by atoms with van der Waals surface area (Å²) in [6.07, 6.45) is 2.96. The molecular formula is C32H36BrN3O7. The van der Waals surface area contributed by atoms with Crippen LogP contribution in [-0.2, 0) is 14.3 Å². The Kier molecular flexibility index (Phi) is 10.4. The van der Waals surface area contributed by atoms with E-state index in [1.165, 1.54) is 19.2 Å². The largest absolute Gasteiger partial charge is 1.00 e. The van der Waals surface area contributed by atoms with Gasteiger partial charge in [0.05, 0.1) is 32.4 Å². The van der Waals surface area contributed by atoms with E-state index in [-0.39, 0.29) is 47.1 Å². The van der Waals surface area contributed by atoms with Gasteiger partial charge in [0.2, 0.25) is 11.7 Å². The summed E-state index contributed by atoms with van der Waals surface area (Å²) in [4.78, 5) is 43.5. The number of aromatic hydroxyl groups is 1. The van der Waals surface area contributed by atoms with Crippen LogP contribution in [0.2, 0.25) is 0 Å². The smallest absolute Gasteiger partial charge is 0.338 e. The molecule has 4 heterocycles. The van der Waals surface area contributed by atoms with Crippen molar-refractivity contribution in [2.45, 2.75) is 31.9 Å². The van der Waals surface area contributed by atoms with Gasteiger partial charge < -0.3 is 46.1 Å². The van der Waals surface area contributed by atoms with E-state index in [0.29, 0.717) is 45.8 Å². The molecule has 3 aliphatic rings. The molecule has 0 saturated carbocycles. The highest BCUT2D eigenvalue weighted by Crippen LogP contribution is 2.37. The molecule has 3 aromatic rings. The van der Waals surface area contributed by atoms with Crippen LogP contribution < -0.4 is 27.0 Å². The Morgan fingerprint density at radius 1 is 1.05 bits per heavy atom. The Morgan fingerprint density at radius 2 is 1.79 bits per heavy atom. The van der Waals surface area contributed by atoms with E-state index in [9.17, 15) is 19.5 Å². The first-order valence-electron chi connectivity index (χ1n) is 14.2. The Bertz CT molecular complexity index is 1420. The summed E-state index contributed by atoms with van der Waals surface area (Å²) >= 11 is 0. The monoisotopic (exact) mass is 653 g/mol. The van der Waals surface area contributed by atoms with E-state index >= 15 is 0 Å². The third-order valence-corrected chi connectivity index (χ3v) is 8.20. The molecule has 1 aromatic heterocycles. The number of hydrogen-bond donors (Lipinski definition) is 2. The third kappa shape index (κ3) is 7.52. The number of carbonyl (C=O) groups excluding carboxylic acids is 3. The SMILES string of the molecule is CCOC(=O)c1cccc(NC(C(=O)O[C@H]2C[N+]3(CC(=O)c4ccc(O)cc4)CCC2CC3)c2ccc(OC)nc2)c1.[Br-]. The first kappa shape index (κ1) is 32.0. The predicted octanol–water partition coefficient (Wildman–Crippen LogP) is 1.16. The highest BCUT2D eigenvalue weighted by Gasteiger charge is 2.49. The van der Waals surface area contributed by atoms with Crippen molar-refractivity contribution in [1.29, 1.82) is 0 Å². The number of nitrogens with zero attached hydrogens (tertiary/aromatic N) is 2. The molecule has 228 valence electrons. The number of rotatable bonds is 11. The lowest BCUT2D eigenvalue weighted by atomic mass is 9.82. The molecule has 0 aliphatic carbocycles. The molecule has 2 bridgehead atoms. The van der Waals surface area contributed by atoms with Gasteiger partial charge >= 0.3 is 11.9 Å². The van der Waals surface area contributed by atoms with E-state index < -0.39 is 18.0 Å². The second-order valence-electron chi connectivity index (χ2n) is 10.9. The maximum absolute atomic E-state index is 13.8. The number of phenols is 1. The van der Waals surface area contributed by atoms with Crippen LogP contribution in [-0.4, -0.2) is 78.3 Å². The summed E-state index contributed by atoms with van der Waals surface area (Å²) in [6, 6.07) is 15.6. The number of aromatic nitrogens is 1. The molecule has 0 spiro atoms. The van der Waals surface area contributed by atoms with Crippen molar-refractivity contribution in [1.82, 2.24) is 4.98 Å². The predicted molar refractivity (Wildman–Crippen MR) is 154 cm³/mol. The van der Waals surface area contributed by atoms with Gasteiger partial charge in [0.1, 0.15) is 18.8 Å². The van der Waals surface area contributed by atoms with Gasteiger partial charge in [0.15, 0.2) is 12.1 Å². The van der Waals surface area contributed by atoms with E-state index in [0.717, 1.165) is 25.9 Å². The van der Waals surface area contributed by atoms with Gasteiger partial charge in [-0.2, -0.15) is 0 Å². The number of anilines is 1. The number of nitrogens with one attached hydrogen (secondary N) is 1. The molecule has 2 atom stereocenters. The summed E-state index contributed by atoms with van der Waals surface area (Å²) in [7, 11) is 1.52. The second-order valence-corrected chi connectivity index (χ2v) is 10.9. The van der Waals surface area contributed by atoms with Gasteiger partial charge in [-0.1, -0.05) is 6.07 Å². The first-order chi connectivity index (χ1) is 20.3. The van der Waals surface area contributed by atoms with Gasteiger partial charge in [-0.3, -0.25) is 4.79 Å². The molecular weight excluding hydrogens is 618 g/mol. The quantitative estimate of drug-likeness (QED) is 0.178. The minimum absolute atomic E-state index is 0. The molecule has 1 unspecified atom stereocenters. The number of methoxy groups -OCH3 is 1. The highest BCUT2D eigenvalue weighted by molar-refractivity contribution is 5.97. The van der Waals surface area contributed by atoms with Gasteiger partial charge in [-0.25, -0.2) is 14.6 Å². The fourth-order valence-electron chi connectivity index (χ4n) is 5.92. The van der Waals surface area contributed by atoms with Crippen LogP contribution in [0.3, 0.4) is 0 Å². The second kappa shape index (κ2) is 14.0. The van der Waals surface area contributed by atoms with Crippen LogP contribution in [0.15, 0.2) is 66.9 Å². The summed E-state index contributed by atoms with van der Waals surface area (Å²) < 4.78 is 17.1. The van der Waals surface area contributed by atoms with Gasteiger partial charge in [0, 0.05) is 47.8 Å². The molecule has 0 radical (unpaired) electrons. The zero-order valence-corrected chi connectivity index (χ0v) is 25.8. The number of phenolic OH excluding ortho intramolecular Hbond substituents is 1. The zero-order valence-electron chi connectivity index (χ0n) is 24.2. The standard InChI is InChI=1S/C32H35N3O7.BrH/c1-3-41-31(38)23-5-4-6-25(17-23)34-30(24-9-12-29(40-2)33-18-24)32(39)42-28-20-35(15-13-22(28)14-16-35)19-27(37)21-7-10-26(36)11-8-21;/h4-12,17-18,22,28,30,34H,3,13-16,19-20H2,1-2H3;1H/t22?,28-,30?,35?;/m0./s1. The molecule has 0 amide bonds. The van der Waals surface area contributed by atoms with Gasteiger partial charge in [-0.05, 0) is 55.5 Å². The van der Waals surface area contributed by atoms with Crippen molar-refractivity contribution in [2.24, 2.45) is 5.92 Å². The fourth-order valence-corrected chi connectivity index (χ4v) is 5.92. The summed E-state index contributed by atoms with van der Waals surface area (Å²) in [5.41, 5.74) is 2.05. The number of esters is 2. The van der Waals surface area contributed by atoms with E-state index in [4.69, 9.17) is 14.2 Å². The van der Waals surface area contributed by atoms with E-state index in [2.05, 4.69) is 10.3 Å². The average Bonchev–Trinajstić information content (AvgIpc) is 3.01. The summed E-state index contributed by atoms with van der Waals surface area (Å²) in [5.74, 6) is -0.158. The van der Waals surface area contributed by atoms with Crippen LogP contribution in [0.4, 0.5) is 5.69 Å². The lowest BCUT2D eigenvalue weighted by Gasteiger charge is -2.51. The number of quaternary nitrogens is 1. The summed E-state index contributed by atoms with van der Waals surface area (Å²) in [6.45, 7) is 4.59. The van der Waals surface area contributed by atoms with Gasteiger partial charge in [0.25, 0.3) is 0 Å². The number of hydrogen-bond acceptors (Lipinski definition) is 9. The number of piperidine rings is 3. The van der Waals surface area contributed by atoms with Gasteiger partial charge in [-0.15, -0.1) is 0 Å². The zero-order chi connectivity index (χ0) is 29.7. The normalized spacial score (nSPS) is 21.2. The number of halogens is 1.